The molecule has 0 aliphatic carbocycles. The van der Waals surface area contributed by atoms with Crippen LogP contribution in [-0.2, 0) is 0 Å². The smallest absolute Gasteiger partial charge is 0.145 e. The Kier molecular flexibility index (Phi) is 8.83. The van der Waals surface area contributed by atoms with Gasteiger partial charge in [-0.1, -0.05) is 176 Å². The fourth-order valence-electron chi connectivity index (χ4n) is 9.47. The molecule has 3 heteroatoms. The number of fused-ring (bicyclic) bond motifs is 6. The number of hydrogen-bond acceptors (Lipinski definition) is 2. The Labute approximate surface area is 366 Å². The van der Waals surface area contributed by atoms with E-state index in [1.165, 1.54) is 38.5 Å². The molecule has 2 heterocycles. The van der Waals surface area contributed by atoms with Crippen LogP contribution in [0.4, 0.5) is 17.1 Å². The van der Waals surface area contributed by atoms with Crippen LogP contribution in [0.3, 0.4) is 0 Å². The van der Waals surface area contributed by atoms with Gasteiger partial charge in [0.2, 0.25) is 0 Å². The predicted octanol–water partition coefficient (Wildman–Crippen LogP) is 16.8. The molecular weight excluding hydrogens is 765 g/mol. The van der Waals surface area contributed by atoms with Crippen LogP contribution in [0.5, 0.6) is 0 Å². The zero-order chi connectivity index (χ0) is 41.7. The first kappa shape index (κ1) is 36.5. The minimum absolute atomic E-state index is 0.848. The first-order valence-electron chi connectivity index (χ1n) is 21.5. The Morgan fingerprint density at radius 1 is 0.333 bits per heavy atom. The summed E-state index contributed by atoms with van der Waals surface area (Å²) in [6.07, 6.45) is 0. The lowest BCUT2D eigenvalue weighted by Gasteiger charge is -2.29. The summed E-state index contributed by atoms with van der Waals surface area (Å²) in [5.41, 5.74) is 17.4. The van der Waals surface area contributed by atoms with Crippen molar-refractivity contribution >= 4 is 60.8 Å². The van der Waals surface area contributed by atoms with E-state index >= 15 is 0 Å². The lowest BCUT2D eigenvalue weighted by molar-refractivity contribution is 0.670. The van der Waals surface area contributed by atoms with Gasteiger partial charge in [-0.25, -0.2) is 0 Å². The molecule has 12 aromatic rings. The van der Waals surface area contributed by atoms with Gasteiger partial charge < -0.3 is 13.9 Å². The second-order valence-corrected chi connectivity index (χ2v) is 16.1. The lowest BCUT2D eigenvalue weighted by atomic mass is 9.95. The minimum Gasteiger partial charge on any atom is -0.455 e. The normalized spacial score (nSPS) is 11.5. The molecule has 10 aromatic carbocycles. The standard InChI is InChI=1S/C60H40N2O/c1-4-17-41(18-5-1)43-31-34-47(35-32-43)61(56-37-33-45(42-19-6-2-7-20-42)40-53(56)44-21-8-3-9-22-44)57-38-36-49(60-59(57)52-27-12-15-30-58(52)63-60)46-23-16-24-48(39-46)62-54-28-13-10-25-50(54)51-26-11-14-29-55(51)62/h1-40H. The van der Waals surface area contributed by atoms with E-state index in [4.69, 9.17) is 4.42 Å². The third-order valence-corrected chi connectivity index (χ3v) is 12.4. The van der Waals surface area contributed by atoms with Gasteiger partial charge in [0.1, 0.15) is 11.2 Å². The van der Waals surface area contributed by atoms with Gasteiger partial charge in [-0.05, 0) is 100 Å². The zero-order valence-electron chi connectivity index (χ0n) is 34.4. The largest absolute Gasteiger partial charge is 0.455 e. The summed E-state index contributed by atoms with van der Waals surface area (Å²) in [7, 11) is 0. The summed E-state index contributed by atoms with van der Waals surface area (Å²) < 4.78 is 9.39. The maximum Gasteiger partial charge on any atom is 0.145 e. The molecule has 0 aliphatic heterocycles. The minimum atomic E-state index is 0.848. The number of para-hydroxylation sites is 3. The molecule has 0 amide bonds. The van der Waals surface area contributed by atoms with Crippen LogP contribution in [0.2, 0.25) is 0 Å². The molecule has 0 aliphatic rings. The summed E-state index contributed by atoms with van der Waals surface area (Å²) in [5.74, 6) is 0. The fourth-order valence-corrected chi connectivity index (χ4v) is 9.47. The molecule has 0 spiro atoms. The highest BCUT2D eigenvalue weighted by atomic mass is 16.3. The van der Waals surface area contributed by atoms with Crippen molar-refractivity contribution in [1.29, 1.82) is 0 Å². The number of rotatable bonds is 8. The molecule has 0 bridgehead atoms. The molecular formula is C60H40N2O. The Hall–Kier alpha value is -8.40. The highest BCUT2D eigenvalue weighted by Gasteiger charge is 2.25. The second kappa shape index (κ2) is 15.3. The van der Waals surface area contributed by atoms with Gasteiger partial charge in [-0.3, -0.25) is 0 Å². The Bertz CT molecular complexity index is 3550. The van der Waals surface area contributed by atoms with E-state index in [0.29, 0.717) is 0 Å². The summed E-state index contributed by atoms with van der Waals surface area (Å²) in [6, 6.07) is 87.0. The van der Waals surface area contributed by atoms with E-state index in [1.807, 2.05) is 0 Å². The average molecular weight is 805 g/mol. The summed E-state index contributed by atoms with van der Waals surface area (Å²) in [6.45, 7) is 0. The molecule has 0 saturated heterocycles. The number of aromatic nitrogens is 1. The van der Waals surface area contributed by atoms with Gasteiger partial charge in [-0.15, -0.1) is 0 Å². The van der Waals surface area contributed by atoms with Gasteiger partial charge in [0, 0.05) is 38.7 Å². The van der Waals surface area contributed by atoms with Crippen molar-refractivity contribution in [1.82, 2.24) is 4.57 Å². The molecule has 3 nitrogen and oxygen atoms in total. The van der Waals surface area contributed by atoms with Gasteiger partial charge in [0.15, 0.2) is 0 Å². The Morgan fingerprint density at radius 3 is 1.54 bits per heavy atom. The van der Waals surface area contributed by atoms with Gasteiger partial charge in [0.05, 0.1) is 27.8 Å². The van der Waals surface area contributed by atoms with Gasteiger partial charge >= 0.3 is 0 Å². The molecule has 0 saturated carbocycles. The van der Waals surface area contributed by atoms with Crippen molar-refractivity contribution in [3.05, 3.63) is 243 Å². The van der Waals surface area contributed by atoms with Crippen molar-refractivity contribution in [2.45, 2.75) is 0 Å². The molecule has 296 valence electrons. The molecule has 0 atom stereocenters. The van der Waals surface area contributed by atoms with Crippen molar-refractivity contribution in [3.63, 3.8) is 0 Å². The Balaban J connectivity index is 1.10. The molecule has 63 heavy (non-hydrogen) atoms. The monoisotopic (exact) mass is 804 g/mol. The predicted molar refractivity (Wildman–Crippen MR) is 264 cm³/mol. The maximum absolute atomic E-state index is 7.01. The number of anilines is 3. The zero-order valence-corrected chi connectivity index (χ0v) is 34.4. The quantitative estimate of drug-likeness (QED) is 0.153. The molecule has 0 N–H and O–H groups in total. The first-order chi connectivity index (χ1) is 31.3. The number of furan rings is 1. The third-order valence-electron chi connectivity index (χ3n) is 12.4. The molecule has 0 fully saturated rings. The third kappa shape index (κ3) is 6.29. The fraction of sp³-hybridized carbons (Fsp3) is 0. The van der Waals surface area contributed by atoms with Crippen LogP contribution in [0.1, 0.15) is 0 Å². The average Bonchev–Trinajstić information content (AvgIpc) is 3.92. The van der Waals surface area contributed by atoms with E-state index in [1.54, 1.807) is 0 Å². The van der Waals surface area contributed by atoms with E-state index in [-0.39, 0.29) is 0 Å². The second-order valence-electron chi connectivity index (χ2n) is 16.1. The molecule has 12 rings (SSSR count). The van der Waals surface area contributed by atoms with Crippen LogP contribution >= 0.6 is 0 Å². The van der Waals surface area contributed by atoms with Crippen molar-refractivity contribution in [2.24, 2.45) is 0 Å². The molecule has 0 radical (unpaired) electrons. The molecule has 2 aromatic heterocycles. The lowest BCUT2D eigenvalue weighted by Crippen LogP contribution is -2.12. The number of hydrogen-bond donors (Lipinski definition) is 0. The highest BCUT2D eigenvalue weighted by molar-refractivity contribution is 6.18. The maximum atomic E-state index is 7.01. The SMILES string of the molecule is c1ccc(-c2ccc(N(c3ccc(-c4ccccc4)cc3-c3ccccc3)c3ccc(-c4cccc(-n5c6ccccc6c6ccccc65)c4)c4oc5ccccc5c34)cc2)cc1. The van der Waals surface area contributed by atoms with Crippen molar-refractivity contribution < 1.29 is 4.42 Å². The van der Waals surface area contributed by atoms with Crippen LogP contribution in [0.25, 0.3) is 93.9 Å². The Morgan fingerprint density at radius 2 is 0.857 bits per heavy atom. The molecule has 0 unspecified atom stereocenters. The van der Waals surface area contributed by atoms with E-state index in [2.05, 4.69) is 252 Å². The number of benzene rings is 10. The topological polar surface area (TPSA) is 21.3 Å². The van der Waals surface area contributed by atoms with Crippen LogP contribution in [0, 0.1) is 0 Å². The van der Waals surface area contributed by atoms with Gasteiger partial charge in [-0.2, -0.15) is 0 Å². The van der Waals surface area contributed by atoms with Crippen LogP contribution in [0.15, 0.2) is 247 Å². The summed E-state index contributed by atoms with van der Waals surface area (Å²) >= 11 is 0. The van der Waals surface area contributed by atoms with Crippen LogP contribution in [-0.4, -0.2) is 4.57 Å². The summed E-state index contributed by atoms with van der Waals surface area (Å²) in [5, 5.41) is 4.61. The van der Waals surface area contributed by atoms with E-state index < -0.39 is 0 Å². The van der Waals surface area contributed by atoms with Crippen molar-refractivity contribution in [3.8, 4) is 50.2 Å². The highest BCUT2D eigenvalue weighted by Crippen LogP contribution is 2.49. The van der Waals surface area contributed by atoms with Crippen molar-refractivity contribution in [2.75, 3.05) is 4.90 Å². The van der Waals surface area contributed by atoms with E-state index in [0.717, 1.165) is 72.5 Å². The van der Waals surface area contributed by atoms with Crippen LogP contribution < -0.4 is 4.90 Å². The summed E-state index contributed by atoms with van der Waals surface area (Å²) in [4.78, 5) is 2.43. The number of nitrogens with zero attached hydrogens (tertiary/aromatic N) is 2. The van der Waals surface area contributed by atoms with Gasteiger partial charge in [0.25, 0.3) is 0 Å². The van der Waals surface area contributed by atoms with E-state index in [9.17, 15) is 0 Å². The first-order valence-corrected chi connectivity index (χ1v) is 21.5.